The van der Waals surface area contributed by atoms with E-state index in [-0.39, 0.29) is 30.0 Å². The SMILES string of the molecule is CC(C)[C@H](NCC(=O)NC(=O)NC1CC1)c1ccc(C(C)(C)C)cc1. The van der Waals surface area contributed by atoms with Gasteiger partial charge in [0, 0.05) is 12.1 Å². The van der Waals surface area contributed by atoms with Gasteiger partial charge in [-0.2, -0.15) is 0 Å². The van der Waals surface area contributed by atoms with E-state index in [4.69, 9.17) is 0 Å². The first-order valence-corrected chi connectivity index (χ1v) is 9.11. The summed E-state index contributed by atoms with van der Waals surface area (Å²) in [6, 6.07) is 8.44. The quantitative estimate of drug-likeness (QED) is 0.741. The summed E-state index contributed by atoms with van der Waals surface area (Å²) in [5.74, 6) is 0.0173. The molecule has 2 rings (SSSR count). The molecule has 1 aromatic carbocycles. The van der Waals surface area contributed by atoms with E-state index in [0.717, 1.165) is 18.4 Å². The van der Waals surface area contributed by atoms with E-state index in [1.165, 1.54) is 5.56 Å². The highest BCUT2D eigenvalue weighted by Gasteiger charge is 2.24. The molecule has 0 unspecified atom stereocenters. The first kappa shape index (κ1) is 19.4. The van der Waals surface area contributed by atoms with E-state index in [2.05, 4.69) is 74.8 Å². The van der Waals surface area contributed by atoms with Crippen LogP contribution in [0.1, 0.15) is 64.6 Å². The number of imide groups is 1. The second kappa shape index (κ2) is 8.00. The maximum atomic E-state index is 12.0. The molecule has 0 aromatic heterocycles. The van der Waals surface area contributed by atoms with Crippen LogP contribution in [0.25, 0.3) is 0 Å². The van der Waals surface area contributed by atoms with Gasteiger partial charge in [-0.1, -0.05) is 58.9 Å². The first-order chi connectivity index (χ1) is 11.7. The normalized spacial score (nSPS) is 15.8. The number of nitrogens with one attached hydrogen (secondary N) is 3. The molecule has 0 spiro atoms. The zero-order valence-corrected chi connectivity index (χ0v) is 16.0. The summed E-state index contributed by atoms with van der Waals surface area (Å²) in [5.41, 5.74) is 2.56. The minimum Gasteiger partial charge on any atom is -0.335 e. The lowest BCUT2D eigenvalue weighted by Crippen LogP contribution is -2.45. The molecule has 5 nitrogen and oxygen atoms in total. The Balaban J connectivity index is 1.91. The predicted octanol–water partition coefficient (Wildman–Crippen LogP) is 3.26. The number of amides is 3. The van der Waals surface area contributed by atoms with Gasteiger partial charge in [0.25, 0.3) is 0 Å². The van der Waals surface area contributed by atoms with Gasteiger partial charge in [-0.05, 0) is 35.3 Å². The van der Waals surface area contributed by atoms with Gasteiger partial charge < -0.3 is 10.6 Å². The van der Waals surface area contributed by atoms with Crippen molar-refractivity contribution in [3.63, 3.8) is 0 Å². The van der Waals surface area contributed by atoms with Crippen LogP contribution < -0.4 is 16.0 Å². The van der Waals surface area contributed by atoms with Crippen LogP contribution in [0, 0.1) is 5.92 Å². The van der Waals surface area contributed by atoms with Crippen LogP contribution in [0.5, 0.6) is 0 Å². The van der Waals surface area contributed by atoms with E-state index in [0.29, 0.717) is 5.92 Å². The molecule has 0 radical (unpaired) electrons. The standard InChI is InChI=1S/C20H31N3O2/c1-13(2)18(14-6-8-15(9-7-14)20(3,4)5)21-12-17(24)23-19(25)22-16-10-11-16/h6-9,13,16,18,21H,10-12H2,1-5H3,(H2,22,23,24,25)/t18-/m0/s1. The number of hydrogen-bond acceptors (Lipinski definition) is 3. The van der Waals surface area contributed by atoms with Crippen LogP contribution >= 0.6 is 0 Å². The minimum absolute atomic E-state index is 0.0614. The van der Waals surface area contributed by atoms with Gasteiger partial charge in [0.05, 0.1) is 6.54 Å². The predicted molar refractivity (Wildman–Crippen MR) is 100 cm³/mol. The molecule has 5 heteroatoms. The third-order valence-electron chi connectivity index (χ3n) is 4.45. The fourth-order valence-corrected chi connectivity index (χ4v) is 2.75. The van der Waals surface area contributed by atoms with Crippen molar-refractivity contribution in [1.29, 1.82) is 0 Å². The van der Waals surface area contributed by atoms with E-state index in [9.17, 15) is 9.59 Å². The second-order valence-corrected chi connectivity index (χ2v) is 8.27. The van der Waals surface area contributed by atoms with Gasteiger partial charge >= 0.3 is 6.03 Å². The molecule has 1 atom stereocenters. The molecular weight excluding hydrogens is 314 g/mol. The monoisotopic (exact) mass is 345 g/mol. The first-order valence-electron chi connectivity index (χ1n) is 9.11. The van der Waals surface area contributed by atoms with Crippen molar-refractivity contribution in [2.24, 2.45) is 5.92 Å². The molecule has 138 valence electrons. The molecular formula is C20H31N3O2. The average molecular weight is 345 g/mol. The van der Waals surface area contributed by atoms with Crippen molar-refractivity contribution >= 4 is 11.9 Å². The van der Waals surface area contributed by atoms with Crippen LogP contribution in [0.3, 0.4) is 0 Å². The number of hydrogen-bond donors (Lipinski definition) is 3. The van der Waals surface area contributed by atoms with Crippen LogP contribution in [0.15, 0.2) is 24.3 Å². The van der Waals surface area contributed by atoms with E-state index in [1.54, 1.807) is 0 Å². The van der Waals surface area contributed by atoms with Crippen molar-refractivity contribution in [3.05, 3.63) is 35.4 Å². The van der Waals surface area contributed by atoms with Gasteiger partial charge in [-0.15, -0.1) is 0 Å². The summed E-state index contributed by atoms with van der Waals surface area (Å²) in [5, 5.41) is 8.40. The van der Waals surface area contributed by atoms with E-state index in [1.807, 2.05) is 0 Å². The molecule has 3 N–H and O–H groups in total. The molecule has 0 aliphatic heterocycles. The van der Waals surface area contributed by atoms with E-state index >= 15 is 0 Å². The van der Waals surface area contributed by atoms with Gasteiger partial charge in [-0.3, -0.25) is 10.1 Å². The maximum Gasteiger partial charge on any atom is 0.321 e. The Morgan fingerprint density at radius 2 is 1.72 bits per heavy atom. The highest BCUT2D eigenvalue weighted by molar-refractivity contribution is 5.95. The molecule has 1 saturated carbocycles. The largest absolute Gasteiger partial charge is 0.335 e. The summed E-state index contributed by atoms with van der Waals surface area (Å²) in [6.07, 6.45) is 2.00. The number of benzene rings is 1. The lowest BCUT2D eigenvalue weighted by Gasteiger charge is -2.25. The lowest BCUT2D eigenvalue weighted by molar-refractivity contribution is -0.119. The second-order valence-electron chi connectivity index (χ2n) is 8.27. The summed E-state index contributed by atoms with van der Waals surface area (Å²) in [4.78, 5) is 23.6. The van der Waals surface area contributed by atoms with Crippen LogP contribution in [0.2, 0.25) is 0 Å². The Labute approximate surface area is 151 Å². The van der Waals surface area contributed by atoms with Gasteiger partial charge in [0.1, 0.15) is 0 Å². The van der Waals surface area contributed by atoms with E-state index < -0.39 is 6.03 Å². The molecule has 1 aromatic rings. The Hall–Kier alpha value is -1.88. The zero-order chi connectivity index (χ0) is 18.6. The molecule has 3 amide bonds. The summed E-state index contributed by atoms with van der Waals surface area (Å²) >= 11 is 0. The Morgan fingerprint density at radius 3 is 2.20 bits per heavy atom. The third kappa shape index (κ3) is 6.16. The fraction of sp³-hybridized carbons (Fsp3) is 0.600. The molecule has 0 bridgehead atoms. The highest BCUT2D eigenvalue weighted by Crippen LogP contribution is 2.26. The molecule has 0 heterocycles. The maximum absolute atomic E-state index is 12.0. The smallest absolute Gasteiger partial charge is 0.321 e. The van der Waals surface area contributed by atoms with Crippen molar-refractivity contribution in [2.45, 2.75) is 65.0 Å². The molecule has 0 saturated heterocycles. The Kier molecular flexibility index (Phi) is 6.22. The van der Waals surface area contributed by atoms with Gasteiger partial charge in [0.2, 0.25) is 5.91 Å². The van der Waals surface area contributed by atoms with Crippen LogP contribution in [-0.4, -0.2) is 24.5 Å². The van der Waals surface area contributed by atoms with Crippen molar-refractivity contribution in [1.82, 2.24) is 16.0 Å². The van der Waals surface area contributed by atoms with Gasteiger partial charge in [0.15, 0.2) is 0 Å². The molecule has 1 aliphatic rings. The number of carbonyl (C=O) groups excluding carboxylic acids is 2. The third-order valence-corrected chi connectivity index (χ3v) is 4.45. The molecule has 25 heavy (non-hydrogen) atoms. The number of urea groups is 1. The summed E-state index contributed by atoms with van der Waals surface area (Å²) in [7, 11) is 0. The Bertz CT molecular complexity index is 598. The van der Waals surface area contributed by atoms with Crippen molar-refractivity contribution in [3.8, 4) is 0 Å². The topological polar surface area (TPSA) is 70.2 Å². The van der Waals surface area contributed by atoms with Gasteiger partial charge in [-0.25, -0.2) is 4.79 Å². The summed E-state index contributed by atoms with van der Waals surface area (Å²) in [6.45, 7) is 10.9. The van der Waals surface area contributed by atoms with Crippen molar-refractivity contribution < 1.29 is 9.59 Å². The molecule has 1 fully saturated rings. The van der Waals surface area contributed by atoms with Crippen molar-refractivity contribution in [2.75, 3.05) is 6.54 Å². The number of rotatable bonds is 6. The summed E-state index contributed by atoms with van der Waals surface area (Å²) < 4.78 is 0. The zero-order valence-electron chi connectivity index (χ0n) is 16.0. The average Bonchev–Trinajstić information content (AvgIpc) is 3.30. The number of carbonyl (C=O) groups is 2. The Morgan fingerprint density at radius 1 is 1.12 bits per heavy atom. The van der Waals surface area contributed by atoms with Crippen LogP contribution in [-0.2, 0) is 10.2 Å². The highest BCUT2D eigenvalue weighted by atomic mass is 16.2. The van der Waals surface area contributed by atoms with Crippen LogP contribution in [0.4, 0.5) is 4.79 Å². The minimum atomic E-state index is -0.398. The lowest BCUT2D eigenvalue weighted by atomic mass is 9.85. The molecule has 1 aliphatic carbocycles. The fourth-order valence-electron chi connectivity index (χ4n) is 2.75.